The number of Topliss-reactive ketones (excluding diaryl/α,β-unsaturated/α-hetero) is 1. The third-order valence-electron chi connectivity index (χ3n) is 4.41. The van der Waals surface area contributed by atoms with Crippen LogP contribution in [0.2, 0.25) is 0 Å². The molecule has 0 radical (unpaired) electrons. The van der Waals surface area contributed by atoms with Crippen LogP contribution >= 0.6 is 0 Å². The molecule has 2 aromatic carbocycles. The minimum atomic E-state index is -0.476. The summed E-state index contributed by atoms with van der Waals surface area (Å²) in [5.41, 5.74) is 2.18. The second-order valence-corrected chi connectivity index (χ2v) is 6.68. The van der Waals surface area contributed by atoms with Crippen LogP contribution in [0.15, 0.2) is 59.7 Å². The van der Waals surface area contributed by atoms with E-state index in [4.69, 9.17) is 0 Å². The van der Waals surface area contributed by atoms with E-state index in [1.807, 2.05) is 7.05 Å². The van der Waals surface area contributed by atoms with E-state index in [-0.39, 0.29) is 17.2 Å². The quantitative estimate of drug-likeness (QED) is 0.496. The number of likely N-dealkylation sites (N-methyl/N-ethyl adjacent to an activating group) is 1. The van der Waals surface area contributed by atoms with Crippen LogP contribution in [-0.2, 0) is 4.79 Å². The van der Waals surface area contributed by atoms with E-state index in [9.17, 15) is 25.0 Å². The molecule has 0 aromatic heterocycles. The number of rotatable bonds is 4. The monoisotopic (exact) mass is 380 g/mol. The van der Waals surface area contributed by atoms with Gasteiger partial charge in [0.15, 0.2) is 5.78 Å². The van der Waals surface area contributed by atoms with E-state index < -0.39 is 9.85 Å². The van der Waals surface area contributed by atoms with Crippen LogP contribution in [0.25, 0.3) is 12.2 Å². The lowest BCUT2D eigenvalue weighted by Gasteiger charge is -2.23. The van der Waals surface area contributed by atoms with Crippen LogP contribution in [0.1, 0.15) is 11.1 Å². The second kappa shape index (κ2) is 7.93. The summed E-state index contributed by atoms with van der Waals surface area (Å²) in [5.74, 6) is -0.149. The van der Waals surface area contributed by atoms with Gasteiger partial charge in [-0.2, -0.15) is 0 Å². The standard InChI is InChI=1S/C20H17N3O5/c1-21-12-16(8-14-4-2-6-18(10-14)22(25)26)20(24)17(13-21)9-15-5-3-7-19(11-15)23(27)28/h2-11H,12-13H2,1H3/p+1/b16-8-,17-9+. The van der Waals surface area contributed by atoms with Crippen molar-refractivity contribution in [2.75, 3.05) is 20.1 Å². The summed E-state index contributed by atoms with van der Waals surface area (Å²) in [6.07, 6.45) is 3.33. The van der Waals surface area contributed by atoms with E-state index in [2.05, 4.69) is 0 Å². The van der Waals surface area contributed by atoms with Crippen molar-refractivity contribution in [3.8, 4) is 0 Å². The third kappa shape index (κ3) is 4.36. The van der Waals surface area contributed by atoms with Crippen molar-refractivity contribution in [3.63, 3.8) is 0 Å². The van der Waals surface area contributed by atoms with E-state index in [1.165, 1.54) is 24.3 Å². The lowest BCUT2D eigenvalue weighted by atomic mass is 9.94. The Hall–Kier alpha value is -3.65. The van der Waals surface area contributed by atoms with Gasteiger partial charge in [-0.05, 0) is 23.3 Å². The summed E-state index contributed by atoms with van der Waals surface area (Å²) >= 11 is 0. The van der Waals surface area contributed by atoms with Gasteiger partial charge in [0, 0.05) is 24.3 Å². The lowest BCUT2D eigenvalue weighted by molar-refractivity contribution is -0.870. The maximum atomic E-state index is 12.9. The number of piperidine rings is 1. The van der Waals surface area contributed by atoms with Crippen LogP contribution in [0.3, 0.4) is 0 Å². The molecule has 1 unspecified atom stereocenters. The highest BCUT2D eigenvalue weighted by Gasteiger charge is 2.27. The minimum absolute atomic E-state index is 0.0364. The second-order valence-electron chi connectivity index (χ2n) is 6.68. The van der Waals surface area contributed by atoms with Crippen molar-refractivity contribution in [1.29, 1.82) is 0 Å². The van der Waals surface area contributed by atoms with Crippen LogP contribution in [0.4, 0.5) is 11.4 Å². The van der Waals surface area contributed by atoms with E-state index in [1.54, 1.807) is 36.4 Å². The number of carbonyl (C=O) groups excluding carboxylic acids is 1. The number of likely N-dealkylation sites (tertiary alicyclic amines) is 1. The average Bonchev–Trinajstić information content (AvgIpc) is 2.66. The van der Waals surface area contributed by atoms with Gasteiger partial charge in [-0.3, -0.25) is 25.0 Å². The summed E-state index contributed by atoms with van der Waals surface area (Å²) in [6, 6.07) is 12.2. The maximum absolute atomic E-state index is 12.9. The van der Waals surface area contributed by atoms with Crippen molar-refractivity contribution < 1.29 is 19.5 Å². The Bertz CT molecular complexity index is 947. The summed E-state index contributed by atoms with van der Waals surface area (Å²) in [4.78, 5) is 34.9. The predicted molar refractivity (Wildman–Crippen MR) is 104 cm³/mol. The van der Waals surface area contributed by atoms with Crippen LogP contribution in [0, 0.1) is 20.2 Å². The Labute approximate surface area is 160 Å². The molecule has 1 N–H and O–H groups in total. The molecule has 8 heteroatoms. The molecule has 1 atom stereocenters. The minimum Gasteiger partial charge on any atom is -0.330 e. The molecular formula is C20H18N3O5+. The number of non-ortho nitro benzene ring substituents is 2. The number of carbonyl (C=O) groups is 1. The van der Waals surface area contributed by atoms with Crippen LogP contribution in [-0.4, -0.2) is 35.8 Å². The highest BCUT2D eigenvalue weighted by Crippen LogP contribution is 2.20. The molecule has 8 nitrogen and oxygen atoms in total. The first-order valence-electron chi connectivity index (χ1n) is 8.59. The number of nitrogens with zero attached hydrogens (tertiary/aromatic N) is 2. The maximum Gasteiger partial charge on any atom is 0.270 e. The number of nitro groups is 2. The fourth-order valence-corrected chi connectivity index (χ4v) is 3.17. The largest absolute Gasteiger partial charge is 0.330 e. The number of hydrogen-bond acceptors (Lipinski definition) is 5. The van der Waals surface area contributed by atoms with Gasteiger partial charge in [-0.1, -0.05) is 24.3 Å². The molecular weight excluding hydrogens is 362 g/mol. The van der Waals surface area contributed by atoms with Gasteiger partial charge in [0.1, 0.15) is 13.1 Å². The molecule has 1 fully saturated rings. The Balaban J connectivity index is 1.94. The van der Waals surface area contributed by atoms with Gasteiger partial charge < -0.3 is 4.90 Å². The van der Waals surface area contributed by atoms with Crippen LogP contribution < -0.4 is 4.90 Å². The van der Waals surface area contributed by atoms with Crippen LogP contribution in [0.5, 0.6) is 0 Å². The first-order chi connectivity index (χ1) is 13.3. The fourth-order valence-electron chi connectivity index (χ4n) is 3.17. The van der Waals surface area contributed by atoms with Crippen molar-refractivity contribution in [2.24, 2.45) is 0 Å². The average molecular weight is 380 g/mol. The molecule has 28 heavy (non-hydrogen) atoms. The third-order valence-corrected chi connectivity index (χ3v) is 4.41. The van der Waals surface area contributed by atoms with Gasteiger partial charge in [0.2, 0.25) is 0 Å². The van der Waals surface area contributed by atoms with Crippen molar-refractivity contribution in [2.45, 2.75) is 0 Å². The number of nitro benzene ring substituents is 2. The molecule has 1 heterocycles. The zero-order chi connectivity index (χ0) is 20.3. The zero-order valence-electron chi connectivity index (χ0n) is 15.1. The van der Waals surface area contributed by atoms with Gasteiger partial charge in [0.25, 0.3) is 11.4 Å². The molecule has 0 amide bonds. The summed E-state index contributed by atoms with van der Waals surface area (Å²) in [5, 5.41) is 21.9. The molecule has 0 spiro atoms. The Morgan fingerprint density at radius 2 is 1.29 bits per heavy atom. The molecule has 0 saturated carbocycles. The molecule has 0 bridgehead atoms. The topological polar surface area (TPSA) is 108 Å². The van der Waals surface area contributed by atoms with Gasteiger partial charge in [-0.15, -0.1) is 0 Å². The van der Waals surface area contributed by atoms with E-state index >= 15 is 0 Å². The first kappa shape index (κ1) is 19.1. The molecule has 1 saturated heterocycles. The number of ketones is 1. The molecule has 1 aliphatic rings. The SMILES string of the molecule is C[NH+]1C/C(=C/c2cccc([N+](=O)[O-])c2)C(=O)/C(=C/c2cccc([N+](=O)[O-])c2)C1. The van der Waals surface area contributed by atoms with Crippen molar-refractivity contribution in [3.05, 3.63) is 91.0 Å². The highest BCUT2D eigenvalue weighted by atomic mass is 16.6. The van der Waals surface area contributed by atoms with E-state index in [0.717, 1.165) is 4.90 Å². The predicted octanol–water partition coefficient (Wildman–Crippen LogP) is 2.07. The van der Waals surface area contributed by atoms with Crippen molar-refractivity contribution >= 4 is 29.3 Å². The number of hydrogen-bond donors (Lipinski definition) is 1. The summed E-state index contributed by atoms with van der Waals surface area (Å²) < 4.78 is 0. The van der Waals surface area contributed by atoms with Gasteiger partial charge >= 0.3 is 0 Å². The summed E-state index contributed by atoms with van der Waals surface area (Å²) in [7, 11) is 1.94. The number of nitrogens with one attached hydrogen (secondary N) is 1. The molecule has 3 rings (SSSR count). The smallest absolute Gasteiger partial charge is 0.270 e. The normalized spacial score (nSPS) is 19.8. The molecule has 1 aliphatic heterocycles. The Morgan fingerprint density at radius 3 is 1.68 bits per heavy atom. The molecule has 0 aliphatic carbocycles. The Kier molecular flexibility index (Phi) is 5.42. The lowest BCUT2D eigenvalue weighted by Crippen LogP contribution is -3.10. The molecule has 2 aromatic rings. The zero-order valence-corrected chi connectivity index (χ0v) is 15.1. The number of benzene rings is 2. The van der Waals surface area contributed by atoms with E-state index in [0.29, 0.717) is 35.4 Å². The van der Waals surface area contributed by atoms with Gasteiger partial charge in [-0.25, -0.2) is 0 Å². The Morgan fingerprint density at radius 1 is 0.857 bits per heavy atom. The fraction of sp³-hybridized carbons (Fsp3) is 0.150. The van der Waals surface area contributed by atoms with Crippen molar-refractivity contribution in [1.82, 2.24) is 0 Å². The first-order valence-corrected chi connectivity index (χ1v) is 8.59. The highest BCUT2D eigenvalue weighted by molar-refractivity contribution is 6.14. The molecule has 142 valence electrons. The summed E-state index contributed by atoms with van der Waals surface area (Å²) in [6.45, 7) is 0.988. The number of quaternary nitrogens is 1. The van der Waals surface area contributed by atoms with Gasteiger partial charge in [0.05, 0.1) is 28.0 Å².